The largest absolute Gasteiger partial charge is 0.493 e. The van der Waals surface area contributed by atoms with Crippen molar-refractivity contribution in [2.24, 2.45) is 0 Å². The van der Waals surface area contributed by atoms with E-state index in [0.29, 0.717) is 22.8 Å². The van der Waals surface area contributed by atoms with Crippen LogP contribution in [0.1, 0.15) is 28.3 Å². The molecule has 1 aromatic heterocycles. The van der Waals surface area contributed by atoms with Gasteiger partial charge in [0.05, 0.1) is 18.6 Å². The van der Waals surface area contributed by atoms with Crippen molar-refractivity contribution in [3.8, 4) is 5.75 Å². The van der Waals surface area contributed by atoms with Crippen LogP contribution in [0.25, 0.3) is 0 Å². The zero-order valence-electron chi connectivity index (χ0n) is 12.5. The van der Waals surface area contributed by atoms with Gasteiger partial charge in [0.15, 0.2) is 0 Å². The first-order valence-corrected chi connectivity index (χ1v) is 6.90. The predicted octanol–water partition coefficient (Wildman–Crippen LogP) is 2.13. The minimum atomic E-state index is -0.410. The highest BCUT2D eigenvalue weighted by molar-refractivity contribution is 5.96. The van der Waals surface area contributed by atoms with Gasteiger partial charge in [0.25, 0.3) is 5.91 Å². The number of carbonyl (C=O) groups is 2. The van der Waals surface area contributed by atoms with Crippen molar-refractivity contribution in [3.63, 3.8) is 0 Å². The lowest BCUT2D eigenvalue weighted by atomic mass is 10.2. The summed E-state index contributed by atoms with van der Waals surface area (Å²) in [6, 6.07) is 10.8. The lowest BCUT2D eigenvalue weighted by Crippen LogP contribution is -2.42. The second-order valence-electron chi connectivity index (χ2n) is 4.74. The Morgan fingerprint density at radius 1 is 1.14 bits per heavy atom. The predicted molar refractivity (Wildman–Crippen MR) is 80.3 cm³/mol. The summed E-state index contributed by atoms with van der Waals surface area (Å²) in [5.74, 6) is 1.11. The van der Waals surface area contributed by atoms with Gasteiger partial charge in [-0.1, -0.05) is 18.2 Å². The maximum absolute atomic E-state index is 11.9. The molecule has 0 fully saturated rings. The fourth-order valence-electron chi connectivity index (χ4n) is 1.89. The molecule has 0 saturated carbocycles. The average Bonchev–Trinajstić information content (AvgIpc) is 2.84. The molecule has 0 aliphatic carbocycles. The van der Waals surface area contributed by atoms with Crippen molar-refractivity contribution < 1.29 is 18.7 Å². The van der Waals surface area contributed by atoms with Crippen LogP contribution < -0.4 is 15.6 Å². The smallest absolute Gasteiger partial charge is 0.273 e. The van der Waals surface area contributed by atoms with Crippen molar-refractivity contribution in [1.82, 2.24) is 10.9 Å². The molecule has 0 unspecified atom stereocenters. The number of hydrogen-bond acceptors (Lipinski definition) is 4. The fourth-order valence-corrected chi connectivity index (χ4v) is 1.89. The first-order valence-electron chi connectivity index (χ1n) is 6.90. The normalized spacial score (nSPS) is 10.1. The number of furan rings is 1. The summed E-state index contributed by atoms with van der Waals surface area (Å²) in [5, 5.41) is 0. The van der Waals surface area contributed by atoms with E-state index in [1.165, 1.54) is 0 Å². The van der Waals surface area contributed by atoms with Crippen LogP contribution in [-0.2, 0) is 4.79 Å². The van der Waals surface area contributed by atoms with Crippen LogP contribution in [0.2, 0.25) is 0 Å². The molecule has 2 rings (SSSR count). The summed E-state index contributed by atoms with van der Waals surface area (Å²) >= 11 is 0. The Morgan fingerprint density at radius 2 is 1.86 bits per heavy atom. The van der Waals surface area contributed by atoms with Gasteiger partial charge in [-0.15, -0.1) is 0 Å². The van der Waals surface area contributed by atoms with E-state index < -0.39 is 5.91 Å². The number of rotatable bonds is 5. The number of carbonyl (C=O) groups excluding carboxylic acids is 2. The monoisotopic (exact) mass is 302 g/mol. The summed E-state index contributed by atoms with van der Waals surface area (Å²) in [6.45, 7) is 3.68. The number of benzene rings is 1. The van der Waals surface area contributed by atoms with Crippen molar-refractivity contribution in [3.05, 3.63) is 53.5 Å². The molecule has 0 saturated heterocycles. The van der Waals surface area contributed by atoms with E-state index in [4.69, 9.17) is 9.15 Å². The zero-order valence-corrected chi connectivity index (χ0v) is 12.5. The minimum Gasteiger partial charge on any atom is -0.493 e. The summed E-state index contributed by atoms with van der Waals surface area (Å²) in [5.41, 5.74) is 5.09. The Bertz CT molecular complexity index is 649. The number of ether oxygens (including phenoxy) is 1. The Kier molecular flexibility index (Phi) is 5.19. The molecule has 116 valence electrons. The van der Waals surface area contributed by atoms with Crippen molar-refractivity contribution in [2.45, 2.75) is 20.3 Å². The molecular formula is C16H18N2O4. The Balaban J connectivity index is 1.71. The molecule has 0 aliphatic rings. The van der Waals surface area contributed by atoms with Gasteiger partial charge in [0.1, 0.15) is 17.3 Å². The molecular weight excluding hydrogens is 284 g/mol. The summed E-state index contributed by atoms with van der Waals surface area (Å²) in [7, 11) is 0. The van der Waals surface area contributed by atoms with Gasteiger partial charge in [-0.25, -0.2) is 0 Å². The van der Waals surface area contributed by atoms with Gasteiger partial charge >= 0.3 is 0 Å². The van der Waals surface area contributed by atoms with Crippen molar-refractivity contribution in [2.75, 3.05) is 6.61 Å². The maximum Gasteiger partial charge on any atom is 0.273 e. The van der Waals surface area contributed by atoms with Gasteiger partial charge in [-0.05, 0) is 32.0 Å². The quantitative estimate of drug-likeness (QED) is 0.829. The van der Waals surface area contributed by atoms with Crippen LogP contribution in [0.5, 0.6) is 5.75 Å². The van der Waals surface area contributed by atoms with E-state index in [0.717, 1.165) is 0 Å². The first-order chi connectivity index (χ1) is 10.6. The van der Waals surface area contributed by atoms with E-state index in [-0.39, 0.29) is 18.9 Å². The van der Waals surface area contributed by atoms with Crippen LogP contribution >= 0.6 is 0 Å². The Hall–Kier alpha value is -2.76. The second-order valence-corrected chi connectivity index (χ2v) is 4.74. The number of para-hydroxylation sites is 1. The highest BCUT2D eigenvalue weighted by Crippen LogP contribution is 2.13. The van der Waals surface area contributed by atoms with Gasteiger partial charge in [-0.2, -0.15) is 0 Å². The molecule has 2 aromatic rings. The maximum atomic E-state index is 11.9. The van der Waals surface area contributed by atoms with Crippen molar-refractivity contribution in [1.29, 1.82) is 0 Å². The van der Waals surface area contributed by atoms with Crippen LogP contribution in [-0.4, -0.2) is 18.4 Å². The molecule has 6 nitrogen and oxygen atoms in total. The van der Waals surface area contributed by atoms with Crippen molar-refractivity contribution >= 4 is 11.8 Å². The van der Waals surface area contributed by atoms with Gasteiger partial charge in [0.2, 0.25) is 5.91 Å². The zero-order chi connectivity index (χ0) is 15.9. The number of nitrogens with one attached hydrogen (secondary N) is 2. The summed E-state index contributed by atoms with van der Waals surface area (Å²) < 4.78 is 10.7. The number of aryl methyl sites for hydroxylation is 2. The van der Waals surface area contributed by atoms with E-state index in [9.17, 15) is 9.59 Å². The first kappa shape index (κ1) is 15.6. The van der Waals surface area contributed by atoms with E-state index in [2.05, 4.69) is 10.9 Å². The van der Waals surface area contributed by atoms with Crippen LogP contribution in [0.3, 0.4) is 0 Å². The number of hydrazine groups is 1. The molecule has 0 spiro atoms. The Morgan fingerprint density at radius 3 is 2.50 bits per heavy atom. The van der Waals surface area contributed by atoms with Gasteiger partial charge in [0, 0.05) is 0 Å². The van der Waals surface area contributed by atoms with Crippen LogP contribution in [0.4, 0.5) is 0 Å². The fraction of sp³-hybridized carbons (Fsp3) is 0.250. The van der Waals surface area contributed by atoms with Crippen LogP contribution in [0.15, 0.2) is 40.8 Å². The molecule has 0 bridgehead atoms. The topological polar surface area (TPSA) is 80.6 Å². The SMILES string of the molecule is Cc1cc(C(=O)NNC(=O)CCOc2ccccc2)c(C)o1. The lowest BCUT2D eigenvalue weighted by Gasteiger charge is -2.08. The third-order valence-corrected chi connectivity index (χ3v) is 2.94. The standard InChI is InChI=1S/C16H18N2O4/c1-11-10-14(12(2)22-11)16(20)18-17-15(19)8-9-21-13-6-4-3-5-7-13/h3-7,10H,8-9H2,1-2H3,(H,17,19)(H,18,20). The molecule has 0 radical (unpaired) electrons. The lowest BCUT2D eigenvalue weighted by molar-refractivity contribution is -0.122. The molecule has 1 heterocycles. The highest BCUT2D eigenvalue weighted by atomic mass is 16.5. The minimum absolute atomic E-state index is 0.137. The van der Waals surface area contributed by atoms with Gasteiger partial charge < -0.3 is 9.15 Å². The molecule has 2 amide bonds. The van der Waals surface area contributed by atoms with E-state index in [1.807, 2.05) is 30.3 Å². The molecule has 1 aromatic carbocycles. The summed E-state index contributed by atoms with van der Waals surface area (Å²) in [6.07, 6.45) is 0.137. The third-order valence-electron chi connectivity index (χ3n) is 2.94. The van der Waals surface area contributed by atoms with E-state index >= 15 is 0 Å². The number of amides is 2. The highest BCUT2D eigenvalue weighted by Gasteiger charge is 2.13. The molecule has 0 atom stereocenters. The van der Waals surface area contributed by atoms with Crippen LogP contribution in [0, 0.1) is 13.8 Å². The third kappa shape index (κ3) is 4.37. The molecule has 22 heavy (non-hydrogen) atoms. The Labute approximate surface area is 128 Å². The van der Waals surface area contributed by atoms with E-state index in [1.54, 1.807) is 19.9 Å². The van der Waals surface area contributed by atoms with Gasteiger partial charge in [-0.3, -0.25) is 20.4 Å². The average molecular weight is 302 g/mol. The second kappa shape index (κ2) is 7.31. The number of hydrogen-bond donors (Lipinski definition) is 2. The molecule has 6 heteroatoms. The molecule has 2 N–H and O–H groups in total. The molecule has 0 aliphatic heterocycles. The summed E-state index contributed by atoms with van der Waals surface area (Å²) in [4.78, 5) is 23.5.